The standard InChI is InChI=1S/C12H18Si/c1-5-9-13(3,4)12-8-6-7-11(2)10-12/h5-8,10H,1,9H2,2-4H3. The number of allylic oxidation sites excluding steroid dienone is 1. The first-order chi connectivity index (χ1) is 6.06. The first-order valence-electron chi connectivity index (χ1n) is 4.74. The van der Waals surface area contributed by atoms with Crippen LogP contribution in [0.15, 0.2) is 36.9 Å². The van der Waals surface area contributed by atoms with Crippen LogP contribution in [0, 0.1) is 6.92 Å². The molecule has 0 radical (unpaired) electrons. The molecule has 1 heteroatoms. The van der Waals surface area contributed by atoms with Crippen LogP contribution in [0.2, 0.25) is 19.1 Å². The molecule has 0 bridgehead atoms. The maximum Gasteiger partial charge on any atom is 0.0843 e. The molecule has 0 saturated carbocycles. The molecule has 0 aromatic heterocycles. The van der Waals surface area contributed by atoms with Gasteiger partial charge in [-0.25, -0.2) is 0 Å². The van der Waals surface area contributed by atoms with Crippen molar-refractivity contribution in [2.75, 3.05) is 0 Å². The van der Waals surface area contributed by atoms with Crippen molar-refractivity contribution >= 4 is 13.3 Å². The molecule has 1 aromatic rings. The molecule has 0 unspecified atom stereocenters. The normalized spacial score (nSPS) is 11.3. The van der Waals surface area contributed by atoms with Gasteiger partial charge >= 0.3 is 0 Å². The van der Waals surface area contributed by atoms with E-state index < -0.39 is 8.07 Å². The molecule has 0 aliphatic rings. The molecule has 1 rings (SSSR count). The van der Waals surface area contributed by atoms with Crippen LogP contribution in [0.25, 0.3) is 0 Å². The molecule has 0 heterocycles. The van der Waals surface area contributed by atoms with E-state index in [0.717, 1.165) is 6.04 Å². The minimum Gasteiger partial charge on any atom is -0.103 e. The summed E-state index contributed by atoms with van der Waals surface area (Å²) in [5.41, 5.74) is 1.36. The first kappa shape index (κ1) is 10.3. The molecule has 70 valence electrons. The van der Waals surface area contributed by atoms with E-state index in [9.17, 15) is 0 Å². The highest BCUT2D eigenvalue weighted by Crippen LogP contribution is 2.10. The van der Waals surface area contributed by atoms with Gasteiger partial charge in [-0.1, -0.05) is 54.2 Å². The number of hydrogen-bond acceptors (Lipinski definition) is 0. The zero-order chi connectivity index (χ0) is 9.90. The smallest absolute Gasteiger partial charge is 0.0843 e. The minimum absolute atomic E-state index is 1.16. The molecular formula is C12H18Si. The fourth-order valence-electron chi connectivity index (χ4n) is 1.54. The topological polar surface area (TPSA) is 0 Å². The van der Waals surface area contributed by atoms with Crippen molar-refractivity contribution in [2.24, 2.45) is 0 Å². The third-order valence-corrected chi connectivity index (χ3v) is 5.64. The summed E-state index contributed by atoms with van der Waals surface area (Å²) in [6, 6.07) is 10.0. The third kappa shape index (κ3) is 2.56. The number of hydrogen-bond donors (Lipinski definition) is 0. The van der Waals surface area contributed by atoms with Gasteiger partial charge in [0, 0.05) is 0 Å². The Kier molecular flexibility index (Phi) is 3.10. The molecule has 0 aliphatic heterocycles. The highest BCUT2D eigenvalue weighted by Gasteiger charge is 2.20. The summed E-state index contributed by atoms with van der Waals surface area (Å²) in [6.45, 7) is 10.8. The van der Waals surface area contributed by atoms with Crippen molar-refractivity contribution in [3.05, 3.63) is 42.5 Å². The highest BCUT2D eigenvalue weighted by molar-refractivity contribution is 6.90. The van der Waals surface area contributed by atoms with Crippen LogP contribution < -0.4 is 5.19 Å². The monoisotopic (exact) mass is 190 g/mol. The predicted octanol–water partition coefficient (Wildman–Crippen LogP) is 3.10. The van der Waals surface area contributed by atoms with Gasteiger partial charge in [0.2, 0.25) is 0 Å². The van der Waals surface area contributed by atoms with Crippen LogP contribution in [-0.2, 0) is 0 Å². The SMILES string of the molecule is C=CC[Si](C)(C)c1cccc(C)c1. The Morgan fingerprint density at radius 3 is 2.62 bits per heavy atom. The van der Waals surface area contributed by atoms with Gasteiger partial charge in [0.1, 0.15) is 0 Å². The van der Waals surface area contributed by atoms with Crippen LogP contribution in [0.1, 0.15) is 5.56 Å². The summed E-state index contributed by atoms with van der Waals surface area (Å²) in [5, 5.41) is 1.53. The van der Waals surface area contributed by atoms with E-state index in [-0.39, 0.29) is 0 Å². The van der Waals surface area contributed by atoms with Crippen LogP contribution in [0.4, 0.5) is 0 Å². The van der Waals surface area contributed by atoms with Gasteiger partial charge in [-0.2, -0.15) is 0 Å². The average Bonchev–Trinajstić information content (AvgIpc) is 2.04. The number of benzene rings is 1. The zero-order valence-electron chi connectivity index (χ0n) is 8.80. The Labute approximate surface area is 82.3 Å². The molecule has 0 spiro atoms. The van der Waals surface area contributed by atoms with Gasteiger partial charge in [0.25, 0.3) is 0 Å². The molecule has 0 N–H and O–H groups in total. The molecule has 0 aliphatic carbocycles. The zero-order valence-corrected chi connectivity index (χ0v) is 9.80. The summed E-state index contributed by atoms with van der Waals surface area (Å²) in [7, 11) is -1.23. The van der Waals surface area contributed by atoms with E-state index in [4.69, 9.17) is 0 Å². The summed E-state index contributed by atoms with van der Waals surface area (Å²) < 4.78 is 0. The van der Waals surface area contributed by atoms with Crippen molar-refractivity contribution in [1.29, 1.82) is 0 Å². The summed E-state index contributed by atoms with van der Waals surface area (Å²) in [5.74, 6) is 0. The summed E-state index contributed by atoms with van der Waals surface area (Å²) in [6.07, 6.45) is 2.05. The van der Waals surface area contributed by atoms with Gasteiger partial charge in [-0.15, -0.1) is 6.58 Å². The van der Waals surface area contributed by atoms with Gasteiger partial charge in [-0.3, -0.25) is 0 Å². The lowest BCUT2D eigenvalue weighted by molar-refractivity contribution is 1.47. The van der Waals surface area contributed by atoms with E-state index in [0.29, 0.717) is 0 Å². The summed E-state index contributed by atoms with van der Waals surface area (Å²) >= 11 is 0. The Balaban J connectivity index is 2.99. The number of aryl methyl sites for hydroxylation is 1. The van der Waals surface area contributed by atoms with Gasteiger partial charge < -0.3 is 0 Å². The second kappa shape index (κ2) is 3.92. The van der Waals surface area contributed by atoms with Crippen molar-refractivity contribution in [2.45, 2.75) is 26.1 Å². The maximum absolute atomic E-state index is 3.83. The van der Waals surface area contributed by atoms with Crippen molar-refractivity contribution in [3.8, 4) is 0 Å². The molecule has 13 heavy (non-hydrogen) atoms. The number of rotatable bonds is 3. The van der Waals surface area contributed by atoms with Crippen LogP contribution >= 0.6 is 0 Å². The Bertz CT molecular complexity index is 300. The quantitative estimate of drug-likeness (QED) is 0.507. The van der Waals surface area contributed by atoms with Gasteiger partial charge in [-0.05, 0) is 13.0 Å². The lowest BCUT2D eigenvalue weighted by Crippen LogP contribution is -2.40. The van der Waals surface area contributed by atoms with Gasteiger partial charge in [0.15, 0.2) is 0 Å². The van der Waals surface area contributed by atoms with Crippen molar-refractivity contribution in [3.63, 3.8) is 0 Å². The predicted molar refractivity (Wildman–Crippen MR) is 63.3 cm³/mol. The van der Waals surface area contributed by atoms with Crippen molar-refractivity contribution < 1.29 is 0 Å². The molecule has 0 amide bonds. The minimum atomic E-state index is -1.23. The summed E-state index contributed by atoms with van der Waals surface area (Å²) in [4.78, 5) is 0. The largest absolute Gasteiger partial charge is 0.103 e. The Morgan fingerprint density at radius 1 is 1.38 bits per heavy atom. The highest BCUT2D eigenvalue weighted by atomic mass is 28.3. The van der Waals surface area contributed by atoms with Crippen LogP contribution in [0.5, 0.6) is 0 Å². The molecule has 1 aromatic carbocycles. The van der Waals surface area contributed by atoms with Crippen molar-refractivity contribution in [1.82, 2.24) is 0 Å². The van der Waals surface area contributed by atoms with E-state index in [1.165, 1.54) is 10.8 Å². The molecular weight excluding hydrogens is 172 g/mol. The van der Waals surface area contributed by atoms with E-state index in [1.807, 2.05) is 0 Å². The maximum atomic E-state index is 3.83. The lowest BCUT2D eigenvalue weighted by Gasteiger charge is -2.21. The fourth-order valence-corrected chi connectivity index (χ4v) is 3.67. The van der Waals surface area contributed by atoms with E-state index in [1.54, 1.807) is 0 Å². The molecule has 0 nitrogen and oxygen atoms in total. The molecule has 0 fully saturated rings. The average molecular weight is 190 g/mol. The second-order valence-electron chi connectivity index (χ2n) is 4.25. The molecule has 0 atom stereocenters. The first-order valence-corrected chi connectivity index (χ1v) is 7.95. The lowest BCUT2D eigenvalue weighted by atomic mass is 10.2. The van der Waals surface area contributed by atoms with Crippen LogP contribution in [0.3, 0.4) is 0 Å². The van der Waals surface area contributed by atoms with E-state index in [2.05, 4.69) is 56.9 Å². The van der Waals surface area contributed by atoms with Crippen LogP contribution in [-0.4, -0.2) is 8.07 Å². The Hall–Kier alpha value is -0.823. The second-order valence-corrected chi connectivity index (χ2v) is 9.00. The third-order valence-electron chi connectivity index (χ3n) is 2.45. The fraction of sp³-hybridized carbons (Fsp3) is 0.333. The molecule has 0 saturated heterocycles. The van der Waals surface area contributed by atoms with Gasteiger partial charge in [0.05, 0.1) is 8.07 Å². The van der Waals surface area contributed by atoms with E-state index >= 15 is 0 Å². The Morgan fingerprint density at radius 2 is 2.08 bits per heavy atom.